The molecular formula is C29H31NO4. The first-order valence-corrected chi connectivity index (χ1v) is 11.7. The van der Waals surface area contributed by atoms with Crippen LogP contribution < -0.4 is 9.64 Å². The molecule has 0 saturated carbocycles. The van der Waals surface area contributed by atoms with Crippen LogP contribution in [-0.2, 0) is 0 Å². The van der Waals surface area contributed by atoms with Crippen LogP contribution in [0.3, 0.4) is 0 Å². The number of benzene rings is 3. The molecule has 0 radical (unpaired) electrons. The molecule has 3 aromatic carbocycles. The molecule has 1 aliphatic rings. The Hall–Kier alpha value is -3.57. The van der Waals surface area contributed by atoms with Gasteiger partial charge in [0.05, 0.1) is 12.2 Å². The number of carboxylic acids is 1. The number of carbonyl (C=O) groups is 1. The minimum Gasteiger partial charge on any atom is -0.493 e. The second-order valence-electron chi connectivity index (χ2n) is 8.73. The third-order valence-electron chi connectivity index (χ3n) is 6.22. The zero-order valence-corrected chi connectivity index (χ0v) is 19.6. The number of allylic oxidation sites excluding steroid dienone is 1. The highest BCUT2D eigenvalue weighted by Gasteiger charge is 2.18. The van der Waals surface area contributed by atoms with Crippen molar-refractivity contribution in [1.82, 2.24) is 0 Å². The summed E-state index contributed by atoms with van der Waals surface area (Å²) in [6, 6.07) is 19.4. The molecule has 0 amide bonds. The van der Waals surface area contributed by atoms with Gasteiger partial charge in [0.2, 0.25) is 0 Å². The lowest BCUT2D eigenvalue weighted by Gasteiger charge is -2.23. The van der Waals surface area contributed by atoms with E-state index in [-0.39, 0.29) is 12.2 Å². The highest BCUT2D eigenvalue weighted by molar-refractivity contribution is 5.89. The summed E-state index contributed by atoms with van der Waals surface area (Å²) in [5.41, 5.74) is 7.53. The summed E-state index contributed by atoms with van der Waals surface area (Å²) < 4.78 is 6.03. The second kappa shape index (κ2) is 10.6. The Morgan fingerprint density at radius 3 is 2.29 bits per heavy atom. The van der Waals surface area contributed by atoms with E-state index in [2.05, 4.69) is 35.7 Å². The van der Waals surface area contributed by atoms with Crippen LogP contribution in [0, 0.1) is 0 Å². The largest absolute Gasteiger partial charge is 0.493 e. The number of aromatic carboxylic acids is 1. The molecule has 5 nitrogen and oxygen atoms in total. The van der Waals surface area contributed by atoms with E-state index in [0.717, 1.165) is 52.2 Å². The molecule has 1 fully saturated rings. The van der Waals surface area contributed by atoms with Crippen molar-refractivity contribution >= 4 is 17.2 Å². The van der Waals surface area contributed by atoms with Gasteiger partial charge in [-0.25, -0.2) is 4.79 Å². The van der Waals surface area contributed by atoms with E-state index in [1.165, 1.54) is 18.5 Å². The molecule has 0 aromatic heterocycles. The first-order chi connectivity index (χ1) is 16.5. The maximum Gasteiger partial charge on any atom is 0.335 e. The Labute approximate surface area is 200 Å². The quantitative estimate of drug-likeness (QED) is 0.379. The summed E-state index contributed by atoms with van der Waals surface area (Å²) in [6.07, 6.45) is 2.98. The van der Waals surface area contributed by atoms with Gasteiger partial charge < -0.3 is 19.8 Å². The van der Waals surface area contributed by atoms with Crippen molar-refractivity contribution in [2.45, 2.75) is 26.2 Å². The zero-order chi connectivity index (χ0) is 24.1. The number of rotatable bonds is 9. The maximum absolute atomic E-state index is 11.2. The van der Waals surface area contributed by atoms with Gasteiger partial charge >= 0.3 is 5.97 Å². The maximum atomic E-state index is 11.2. The van der Waals surface area contributed by atoms with Crippen LogP contribution >= 0.6 is 0 Å². The van der Waals surface area contributed by atoms with Crippen LogP contribution in [0.4, 0.5) is 5.69 Å². The topological polar surface area (TPSA) is 70.0 Å². The van der Waals surface area contributed by atoms with Crippen LogP contribution in [0.25, 0.3) is 27.8 Å². The Morgan fingerprint density at radius 1 is 0.971 bits per heavy atom. The van der Waals surface area contributed by atoms with Crippen molar-refractivity contribution in [3.8, 4) is 28.0 Å². The Bertz CT molecular complexity index is 1180. The summed E-state index contributed by atoms with van der Waals surface area (Å²) in [6.45, 7) is 8.90. The Kier molecular flexibility index (Phi) is 7.33. The van der Waals surface area contributed by atoms with Crippen LogP contribution in [0.2, 0.25) is 0 Å². The van der Waals surface area contributed by atoms with Crippen molar-refractivity contribution in [2.75, 3.05) is 31.2 Å². The fourth-order valence-electron chi connectivity index (χ4n) is 4.39. The third kappa shape index (κ3) is 5.15. The normalized spacial score (nSPS) is 13.2. The van der Waals surface area contributed by atoms with Gasteiger partial charge in [0, 0.05) is 42.9 Å². The van der Waals surface area contributed by atoms with Crippen LogP contribution in [-0.4, -0.2) is 42.5 Å². The van der Waals surface area contributed by atoms with E-state index in [1.54, 1.807) is 12.1 Å². The molecule has 3 aromatic rings. The van der Waals surface area contributed by atoms with Crippen molar-refractivity contribution < 1.29 is 19.7 Å². The van der Waals surface area contributed by atoms with Crippen molar-refractivity contribution in [3.63, 3.8) is 0 Å². The number of ether oxygens (including phenoxy) is 1. The Balaban J connectivity index is 1.77. The lowest BCUT2D eigenvalue weighted by Crippen LogP contribution is -2.18. The number of anilines is 1. The number of aliphatic hydroxyl groups is 1. The summed E-state index contributed by atoms with van der Waals surface area (Å²) in [7, 11) is 0. The second-order valence-corrected chi connectivity index (χ2v) is 8.73. The smallest absolute Gasteiger partial charge is 0.335 e. The van der Waals surface area contributed by atoms with Gasteiger partial charge in [0.15, 0.2) is 0 Å². The number of aliphatic hydroxyl groups excluding tert-OH is 1. The van der Waals surface area contributed by atoms with Gasteiger partial charge in [-0.05, 0) is 78.4 Å². The predicted octanol–water partition coefficient (Wildman–Crippen LogP) is 6.11. The van der Waals surface area contributed by atoms with Crippen LogP contribution in [0.1, 0.15) is 42.1 Å². The summed E-state index contributed by atoms with van der Waals surface area (Å²) in [5, 5.41) is 18.4. The fourth-order valence-corrected chi connectivity index (χ4v) is 4.39. The number of nitrogens with zero attached hydrogens (tertiary/aromatic N) is 1. The third-order valence-corrected chi connectivity index (χ3v) is 6.22. The highest BCUT2D eigenvalue weighted by atomic mass is 16.5. The molecule has 0 aliphatic carbocycles. The van der Waals surface area contributed by atoms with Crippen molar-refractivity contribution in [3.05, 3.63) is 78.4 Å². The van der Waals surface area contributed by atoms with Crippen LogP contribution in [0.5, 0.6) is 5.75 Å². The average molecular weight is 458 g/mol. The molecule has 5 heteroatoms. The highest BCUT2D eigenvalue weighted by Crippen LogP contribution is 2.38. The number of carboxylic acid groups (broad SMARTS) is 1. The summed E-state index contributed by atoms with van der Waals surface area (Å²) in [5.74, 6) is -0.189. The molecule has 34 heavy (non-hydrogen) atoms. The fraction of sp³-hybridized carbons (Fsp3) is 0.276. The lowest BCUT2D eigenvalue weighted by atomic mass is 9.94. The van der Waals surface area contributed by atoms with E-state index in [9.17, 15) is 15.0 Å². The lowest BCUT2D eigenvalue weighted by molar-refractivity contribution is 0.0697. The van der Waals surface area contributed by atoms with Crippen LogP contribution in [0.15, 0.2) is 67.2 Å². The van der Waals surface area contributed by atoms with E-state index in [1.807, 2.05) is 31.2 Å². The molecular weight excluding hydrogens is 426 g/mol. The van der Waals surface area contributed by atoms with Crippen molar-refractivity contribution in [1.29, 1.82) is 0 Å². The van der Waals surface area contributed by atoms with Gasteiger partial charge in [0.25, 0.3) is 0 Å². The van der Waals surface area contributed by atoms with Gasteiger partial charge in [-0.1, -0.05) is 30.8 Å². The minimum atomic E-state index is -0.940. The Morgan fingerprint density at radius 2 is 1.65 bits per heavy atom. The molecule has 0 unspecified atom stereocenters. The van der Waals surface area contributed by atoms with Gasteiger partial charge in [-0.15, -0.1) is 0 Å². The molecule has 4 rings (SSSR count). The van der Waals surface area contributed by atoms with Crippen molar-refractivity contribution in [2.24, 2.45) is 0 Å². The molecule has 1 heterocycles. The molecule has 1 aliphatic heterocycles. The number of hydrogen-bond acceptors (Lipinski definition) is 4. The van der Waals surface area contributed by atoms with E-state index in [0.29, 0.717) is 13.0 Å². The number of hydrogen-bond donors (Lipinski definition) is 2. The summed E-state index contributed by atoms with van der Waals surface area (Å²) >= 11 is 0. The van der Waals surface area contributed by atoms with Gasteiger partial charge in [-0.3, -0.25) is 0 Å². The first kappa shape index (κ1) is 23.6. The van der Waals surface area contributed by atoms with E-state index in [4.69, 9.17) is 4.74 Å². The predicted molar refractivity (Wildman–Crippen MR) is 138 cm³/mol. The molecule has 0 spiro atoms. The molecule has 0 bridgehead atoms. The minimum absolute atomic E-state index is 0.0771. The van der Waals surface area contributed by atoms with Gasteiger partial charge in [0.1, 0.15) is 5.75 Å². The monoisotopic (exact) mass is 457 g/mol. The molecule has 0 atom stereocenters. The van der Waals surface area contributed by atoms with E-state index >= 15 is 0 Å². The molecule has 176 valence electrons. The standard InChI is InChI=1S/C29H31NO4/c1-20(2)25-19-24(10-12-27(25)30-14-3-4-15-30)26-18-23(11-13-28(26)34-17-5-16-31)21-6-8-22(9-7-21)29(32)33/h6-13,18-19,31H,1,3-5,14-17H2,2H3,(H,32,33). The zero-order valence-electron chi connectivity index (χ0n) is 19.6. The molecule has 1 saturated heterocycles. The first-order valence-electron chi connectivity index (χ1n) is 11.7. The van der Waals surface area contributed by atoms with Gasteiger partial charge in [-0.2, -0.15) is 0 Å². The SMILES string of the molecule is C=C(C)c1cc(-c2cc(-c3ccc(C(=O)O)cc3)ccc2OCCCO)ccc1N1CCCC1. The molecule has 2 N–H and O–H groups in total. The summed E-state index contributed by atoms with van der Waals surface area (Å²) in [4.78, 5) is 13.6. The van der Waals surface area contributed by atoms with E-state index < -0.39 is 5.97 Å². The average Bonchev–Trinajstić information content (AvgIpc) is 3.39.